The van der Waals surface area contributed by atoms with Crippen LogP contribution in [-0.4, -0.2) is 11.8 Å². The van der Waals surface area contributed by atoms with Crippen LogP contribution >= 0.6 is 0 Å². The highest BCUT2D eigenvalue weighted by Gasteiger charge is 2.01. The summed E-state index contributed by atoms with van der Waals surface area (Å²) < 4.78 is 0. The Hall–Kier alpha value is -1.31. The van der Waals surface area contributed by atoms with Crippen molar-refractivity contribution in [3.8, 4) is 0 Å². The molecular formula is C15H23NO. The second-order valence-electron chi connectivity index (χ2n) is 5.13. The minimum absolute atomic E-state index is 0.130. The van der Waals surface area contributed by atoms with Gasteiger partial charge in [-0.25, -0.2) is 0 Å². The summed E-state index contributed by atoms with van der Waals surface area (Å²) >= 11 is 0. The number of rotatable bonds is 5. The number of hydrogen-bond acceptors (Lipinski definition) is 2. The molecule has 0 aliphatic rings. The van der Waals surface area contributed by atoms with Crippen molar-refractivity contribution in [3.05, 3.63) is 35.4 Å². The van der Waals surface area contributed by atoms with Crippen LogP contribution < -0.4 is 0 Å². The van der Waals surface area contributed by atoms with Crippen molar-refractivity contribution in [1.82, 2.24) is 0 Å². The molecule has 0 saturated carbocycles. The molecular weight excluding hydrogens is 210 g/mol. The van der Waals surface area contributed by atoms with Crippen molar-refractivity contribution in [2.75, 3.05) is 0 Å². The monoisotopic (exact) mass is 233 g/mol. The molecule has 0 fully saturated rings. The number of benzene rings is 1. The van der Waals surface area contributed by atoms with E-state index in [9.17, 15) is 0 Å². The van der Waals surface area contributed by atoms with Crippen molar-refractivity contribution in [3.63, 3.8) is 0 Å². The quantitative estimate of drug-likeness (QED) is 0.555. The van der Waals surface area contributed by atoms with Gasteiger partial charge in [-0.05, 0) is 44.2 Å². The average Bonchev–Trinajstić information content (AvgIpc) is 2.26. The van der Waals surface area contributed by atoms with Gasteiger partial charge in [-0.15, -0.1) is 0 Å². The molecule has 0 spiro atoms. The zero-order valence-electron chi connectivity index (χ0n) is 11.5. The van der Waals surface area contributed by atoms with Gasteiger partial charge in [0.05, 0.1) is 5.71 Å². The predicted octanol–water partition coefficient (Wildman–Crippen LogP) is 4.03. The van der Waals surface area contributed by atoms with E-state index >= 15 is 0 Å². The van der Waals surface area contributed by atoms with E-state index in [0.29, 0.717) is 5.92 Å². The third-order valence-electron chi connectivity index (χ3n) is 2.42. The summed E-state index contributed by atoms with van der Waals surface area (Å²) in [6.07, 6.45) is 1.25. The largest absolute Gasteiger partial charge is 0.393 e. The van der Waals surface area contributed by atoms with Gasteiger partial charge >= 0.3 is 0 Å². The molecule has 0 heterocycles. The summed E-state index contributed by atoms with van der Waals surface area (Å²) in [6.45, 7) is 10.4. The van der Waals surface area contributed by atoms with Gasteiger partial charge in [0, 0.05) is 0 Å². The van der Waals surface area contributed by atoms with Crippen LogP contribution in [0.4, 0.5) is 0 Å². The molecule has 0 radical (unpaired) electrons. The molecule has 0 bridgehead atoms. The Morgan fingerprint density at radius 2 is 1.71 bits per heavy atom. The topological polar surface area (TPSA) is 21.6 Å². The minimum Gasteiger partial charge on any atom is -0.393 e. The molecule has 17 heavy (non-hydrogen) atoms. The second-order valence-corrected chi connectivity index (χ2v) is 5.13. The zero-order chi connectivity index (χ0) is 12.8. The van der Waals surface area contributed by atoms with E-state index in [1.165, 1.54) is 5.56 Å². The van der Waals surface area contributed by atoms with E-state index in [0.717, 1.165) is 17.7 Å². The van der Waals surface area contributed by atoms with E-state index in [1.54, 1.807) is 0 Å². The molecule has 0 atom stereocenters. The molecule has 0 amide bonds. The van der Waals surface area contributed by atoms with E-state index in [4.69, 9.17) is 4.84 Å². The summed E-state index contributed by atoms with van der Waals surface area (Å²) in [5, 5.41) is 4.10. The Morgan fingerprint density at radius 1 is 1.12 bits per heavy atom. The number of hydrogen-bond donors (Lipinski definition) is 0. The molecule has 2 heteroatoms. The van der Waals surface area contributed by atoms with E-state index < -0.39 is 0 Å². The van der Waals surface area contributed by atoms with Crippen molar-refractivity contribution >= 4 is 5.71 Å². The number of oxime groups is 1. The molecule has 1 aromatic carbocycles. The van der Waals surface area contributed by atoms with Crippen LogP contribution in [0.25, 0.3) is 0 Å². The van der Waals surface area contributed by atoms with Crippen LogP contribution in [-0.2, 0) is 11.3 Å². The Bertz CT molecular complexity index is 363. The maximum absolute atomic E-state index is 5.24. The summed E-state index contributed by atoms with van der Waals surface area (Å²) in [5.41, 5.74) is 3.43. The van der Waals surface area contributed by atoms with Crippen LogP contribution in [0, 0.1) is 5.92 Å². The molecule has 0 unspecified atom stereocenters. The molecule has 1 aromatic rings. The third-order valence-corrected chi connectivity index (χ3v) is 2.42. The maximum atomic E-state index is 5.24. The highest BCUT2D eigenvalue weighted by atomic mass is 16.6. The predicted molar refractivity (Wildman–Crippen MR) is 73.4 cm³/mol. The lowest BCUT2D eigenvalue weighted by molar-refractivity contribution is 0.0860. The molecule has 1 rings (SSSR count). The molecule has 2 nitrogen and oxygen atoms in total. The van der Waals surface area contributed by atoms with Gasteiger partial charge < -0.3 is 4.84 Å². The average molecular weight is 233 g/mol. The Kier molecular flexibility index (Phi) is 5.20. The zero-order valence-corrected chi connectivity index (χ0v) is 11.5. The van der Waals surface area contributed by atoms with Crippen molar-refractivity contribution in [2.45, 2.75) is 47.1 Å². The maximum Gasteiger partial charge on any atom is 0.122 e. The molecule has 0 aromatic heterocycles. The van der Waals surface area contributed by atoms with Crippen LogP contribution in [0.1, 0.15) is 45.7 Å². The van der Waals surface area contributed by atoms with E-state index in [-0.39, 0.29) is 6.10 Å². The summed E-state index contributed by atoms with van der Waals surface area (Å²) in [5.74, 6) is 0.694. The molecule has 0 aliphatic heterocycles. The standard InChI is InChI=1S/C15H23NO/c1-11(2)10-14-6-8-15(9-7-14)13(5)16-17-12(3)4/h6-9,11-12H,10H2,1-5H3/b16-13+. The first kappa shape index (κ1) is 13.8. The Morgan fingerprint density at radius 3 is 2.18 bits per heavy atom. The van der Waals surface area contributed by atoms with Crippen LogP contribution in [0.15, 0.2) is 29.4 Å². The van der Waals surface area contributed by atoms with Crippen molar-refractivity contribution in [1.29, 1.82) is 0 Å². The normalized spacial score (nSPS) is 12.3. The van der Waals surface area contributed by atoms with Gasteiger partial charge in [-0.3, -0.25) is 0 Å². The SMILES string of the molecule is C/C(=N\OC(C)C)c1ccc(CC(C)C)cc1. The first-order valence-electron chi connectivity index (χ1n) is 6.28. The summed E-state index contributed by atoms with van der Waals surface area (Å²) in [6, 6.07) is 8.56. The summed E-state index contributed by atoms with van der Waals surface area (Å²) in [4.78, 5) is 5.24. The van der Waals surface area contributed by atoms with Gasteiger partial charge in [-0.1, -0.05) is 43.3 Å². The fourth-order valence-corrected chi connectivity index (χ4v) is 1.59. The number of nitrogens with zero attached hydrogens (tertiary/aromatic N) is 1. The lowest BCUT2D eigenvalue weighted by atomic mass is 10.0. The van der Waals surface area contributed by atoms with Crippen LogP contribution in [0.3, 0.4) is 0 Å². The molecule has 94 valence electrons. The third kappa shape index (κ3) is 5.03. The van der Waals surface area contributed by atoms with Gasteiger partial charge in [0.15, 0.2) is 0 Å². The lowest BCUT2D eigenvalue weighted by Gasteiger charge is -2.07. The molecule has 0 aliphatic carbocycles. The fraction of sp³-hybridized carbons (Fsp3) is 0.533. The second kappa shape index (κ2) is 6.43. The fourth-order valence-electron chi connectivity index (χ4n) is 1.59. The highest BCUT2D eigenvalue weighted by Crippen LogP contribution is 2.10. The Balaban J connectivity index is 2.70. The van der Waals surface area contributed by atoms with Gasteiger partial charge in [0.2, 0.25) is 0 Å². The van der Waals surface area contributed by atoms with E-state index in [2.05, 4.69) is 43.3 Å². The smallest absolute Gasteiger partial charge is 0.122 e. The van der Waals surface area contributed by atoms with E-state index in [1.807, 2.05) is 20.8 Å². The molecule has 0 saturated heterocycles. The highest BCUT2D eigenvalue weighted by molar-refractivity contribution is 5.98. The summed E-state index contributed by atoms with van der Waals surface area (Å²) in [7, 11) is 0. The first-order valence-corrected chi connectivity index (χ1v) is 6.28. The van der Waals surface area contributed by atoms with Crippen LogP contribution in [0.5, 0.6) is 0 Å². The van der Waals surface area contributed by atoms with Crippen molar-refractivity contribution < 1.29 is 4.84 Å². The lowest BCUT2D eigenvalue weighted by Crippen LogP contribution is -2.02. The van der Waals surface area contributed by atoms with Gasteiger partial charge in [-0.2, -0.15) is 0 Å². The van der Waals surface area contributed by atoms with Gasteiger partial charge in [0.1, 0.15) is 6.10 Å². The van der Waals surface area contributed by atoms with Crippen LogP contribution in [0.2, 0.25) is 0 Å². The first-order chi connectivity index (χ1) is 7.99. The van der Waals surface area contributed by atoms with Gasteiger partial charge in [0.25, 0.3) is 0 Å². The molecule has 0 N–H and O–H groups in total. The Labute approximate surface area is 105 Å². The van der Waals surface area contributed by atoms with Crippen molar-refractivity contribution in [2.24, 2.45) is 11.1 Å². The minimum atomic E-state index is 0.130.